The maximum Gasteiger partial charge on any atom is 0.358 e. The number of aromatic carboxylic acids is 1. The Bertz CT molecular complexity index is 353. The van der Waals surface area contributed by atoms with Gasteiger partial charge in [0.15, 0.2) is 5.69 Å². The van der Waals surface area contributed by atoms with Crippen molar-refractivity contribution in [1.82, 2.24) is 19.9 Å². The average Bonchev–Trinajstić information content (AvgIpc) is 2.75. The molecule has 1 N–H and O–H groups in total. The molecule has 0 spiro atoms. The third-order valence-electron chi connectivity index (χ3n) is 2.29. The van der Waals surface area contributed by atoms with Crippen LogP contribution in [0.5, 0.6) is 0 Å². The van der Waals surface area contributed by atoms with Gasteiger partial charge in [-0.05, 0) is 14.0 Å². The van der Waals surface area contributed by atoms with Gasteiger partial charge in [-0.25, -0.2) is 4.79 Å². The third-order valence-corrected chi connectivity index (χ3v) is 2.29. The number of aromatic nitrogens is 3. The Morgan fingerprint density at radius 1 is 1.59 bits per heavy atom. The average molecular weight is 242 g/mol. The molecule has 0 unspecified atom stereocenters. The molecule has 0 aromatic carbocycles. The van der Waals surface area contributed by atoms with Gasteiger partial charge in [-0.2, -0.15) is 0 Å². The molecule has 0 bridgehead atoms. The second-order valence-corrected chi connectivity index (χ2v) is 3.67. The molecule has 7 heteroatoms. The molecule has 0 aliphatic heterocycles. The first kappa shape index (κ1) is 13.6. The fourth-order valence-corrected chi connectivity index (χ4v) is 1.26. The Labute approximate surface area is 100.0 Å². The number of carboxylic acid groups (broad SMARTS) is 1. The number of carbonyl (C=O) groups is 1. The van der Waals surface area contributed by atoms with Crippen molar-refractivity contribution in [2.75, 3.05) is 33.4 Å². The van der Waals surface area contributed by atoms with Crippen molar-refractivity contribution in [2.24, 2.45) is 0 Å². The molecule has 0 radical (unpaired) electrons. The number of rotatable bonds is 8. The summed E-state index contributed by atoms with van der Waals surface area (Å²) in [5, 5.41) is 15.9. The first-order valence-electron chi connectivity index (χ1n) is 5.53. The fourth-order valence-electron chi connectivity index (χ4n) is 1.26. The van der Waals surface area contributed by atoms with Crippen LogP contribution in [-0.2, 0) is 11.3 Å². The van der Waals surface area contributed by atoms with E-state index >= 15 is 0 Å². The van der Waals surface area contributed by atoms with Gasteiger partial charge in [0.2, 0.25) is 0 Å². The van der Waals surface area contributed by atoms with Crippen LogP contribution in [0.25, 0.3) is 0 Å². The Balaban J connectivity index is 2.26. The lowest BCUT2D eigenvalue weighted by molar-refractivity contribution is 0.0690. The Morgan fingerprint density at radius 3 is 2.94 bits per heavy atom. The lowest BCUT2D eigenvalue weighted by Crippen LogP contribution is -2.27. The maximum atomic E-state index is 10.6. The summed E-state index contributed by atoms with van der Waals surface area (Å²) in [5.74, 6) is -1.05. The molecule has 1 aromatic rings. The first-order valence-corrected chi connectivity index (χ1v) is 5.53. The van der Waals surface area contributed by atoms with Gasteiger partial charge >= 0.3 is 5.97 Å². The predicted octanol–water partition coefficient (Wildman–Crippen LogP) is -0.0554. The number of hydrogen-bond acceptors (Lipinski definition) is 5. The second kappa shape index (κ2) is 6.97. The van der Waals surface area contributed by atoms with E-state index in [1.807, 2.05) is 14.0 Å². The lowest BCUT2D eigenvalue weighted by atomic mass is 10.5. The van der Waals surface area contributed by atoms with Gasteiger partial charge in [-0.15, -0.1) is 5.10 Å². The summed E-state index contributed by atoms with van der Waals surface area (Å²) in [5.41, 5.74) is -0.0260. The molecule has 0 fully saturated rings. The Morgan fingerprint density at radius 2 is 2.35 bits per heavy atom. The SMILES string of the molecule is CCOCCN(C)CCn1cc(C(=O)O)nn1. The van der Waals surface area contributed by atoms with Crippen LogP contribution in [0, 0.1) is 0 Å². The largest absolute Gasteiger partial charge is 0.476 e. The van der Waals surface area contributed by atoms with Gasteiger partial charge in [0.25, 0.3) is 0 Å². The van der Waals surface area contributed by atoms with E-state index in [4.69, 9.17) is 9.84 Å². The quantitative estimate of drug-likeness (QED) is 0.643. The van der Waals surface area contributed by atoms with Crippen LogP contribution < -0.4 is 0 Å². The van der Waals surface area contributed by atoms with Crippen molar-refractivity contribution >= 4 is 5.97 Å². The molecule has 96 valence electrons. The van der Waals surface area contributed by atoms with Crippen molar-refractivity contribution in [2.45, 2.75) is 13.5 Å². The topological polar surface area (TPSA) is 80.5 Å². The Kier molecular flexibility index (Phi) is 5.58. The molecule has 0 amide bonds. The summed E-state index contributed by atoms with van der Waals surface area (Å²) in [7, 11) is 1.98. The van der Waals surface area contributed by atoms with E-state index in [1.54, 1.807) is 0 Å². The normalized spacial score (nSPS) is 11.0. The maximum absolute atomic E-state index is 10.6. The van der Waals surface area contributed by atoms with E-state index in [0.717, 1.165) is 19.7 Å². The third kappa shape index (κ3) is 4.92. The van der Waals surface area contributed by atoms with E-state index in [1.165, 1.54) is 10.9 Å². The highest BCUT2D eigenvalue weighted by Crippen LogP contribution is 1.93. The molecule has 0 saturated heterocycles. The minimum absolute atomic E-state index is 0.0260. The van der Waals surface area contributed by atoms with Crippen molar-refractivity contribution in [1.29, 1.82) is 0 Å². The summed E-state index contributed by atoms with van der Waals surface area (Å²) < 4.78 is 6.77. The number of carboxylic acids is 1. The summed E-state index contributed by atoms with van der Waals surface area (Å²) in [6.07, 6.45) is 1.43. The molecule has 1 heterocycles. The predicted molar refractivity (Wildman–Crippen MR) is 61.0 cm³/mol. The van der Waals surface area contributed by atoms with Gasteiger partial charge in [0.1, 0.15) is 0 Å². The van der Waals surface area contributed by atoms with E-state index in [0.29, 0.717) is 13.2 Å². The van der Waals surface area contributed by atoms with Crippen LogP contribution in [0.2, 0.25) is 0 Å². The highest BCUT2D eigenvalue weighted by atomic mass is 16.5. The van der Waals surface area contributed by atoms with Gasteiger partial charge in [-0.1, -0.05) is 5.21 Å². The van der Waals surface area contributed by atoms with Crippen LogP contribution >= 0.6 is 0 Å². The fraction of sp³-hybridized carbons (Fsp3) is 0.700. The van der Waals surface area contributed by atoms with Crippen LogP contribution in [0.3, 0.4) is 0 Å². The number of hydrogen-bond donors (Lipinski definition) is 1. The summed E-state index contributed by atoms with van der Waals surface area (Å²) in [6.45, 7) is 5.61. The zero-order valence-corrected chi connectivity index (χ0v) is 10.2. The van der Waals surface area contributed by atoms with Crippen molar-refractivity contribution in [3.8, 4) is 0 Å². The smallest absolute Gasteiger partial charge is 0.358 e. The lowest BCUT2D eigenvalue weighted by Gasteiger charge is -2.15. The summed E-state index contributed by atoms with van der Waals surface area (Å²) in [4.78, 5) is 12.7. The monoisotopic (exact) mass is 242 g/mol. The van der Waals surface area contributed by atoms with Crippen LogP contribution in [0.15, 0.2) is 6.20 Å². The number of nitrogens with zero attached hydrogens (tertiary/aromatic N) is 4. The van der Waals surface area contributed by atoms with Gasteiger partial charge in [0, 0.05) is 19.7 Å². The molecule has 1 rings (SSSR count). The van der Waals surface area contributed by atoms with E-state index in [2.05, 4.69) is 15.2 Å². The second-order valence-electron chi connectivity index (χ2n) is 3.67. The molecule has 7 nitrogen and oxygen atoms in total. The molecule has 0 saturated carbocycles. The summed E-state index contributed by atoms with van der Waals surface area (Å²) in [6, 6.07) is 0. The van der Waals surface area contributed by atoms with Crippen molar-refractivity contribution in [3.05, 3.63) is 11.9 Å². The van der Waals surface area contributed by atoms with E-state index in [-0.39, 0.29) is 5.69 Å². The molecule has 17 heavy (non-hydrogen) atoms. The first-order chi connectivity index (χ1) is 8.13. The van der Waals surface area contributed by atoms with Crippen LogP contribution in [-0.4, -0.2) is 64.3 Å². The standard InChI is InChI=1S/C10H18N4O3/c1-3-17-7-6-13(2)4-5-14-8-9(10(15)16)11-12-14/h8H,3-7H2,1-2H3,(H,15,16). The molecule has 0 aliphatic carbocycles. The molecular weight excluding hydrogens is 224 g/mol. The van der Waals surface area contributed by atoms with E-state index in [9.17, 15) is 4.79 Å². The van der Waals surface area contributed by atoms with Gasteiger partial charge in [0.05, 0.1) is 19.3 Å². The zero-order valence-electron chi connectivity index (χ0n) is 10.2. The number of likely N-dealkylation sites (N-methyl/N-ethyl adjacent to an activating group) is 1. The molecule has 0 atom stereocenters. The minimum Gasteiger partial charge on any atom is -0.476 e. The summed E-state index contributed by atoms with van der Waals surface area (Å²) >= 11 is 0. The zero-order chi connectivity index (χ0) is 12.7. The Hall–Kier alpha value is -1.47. The molecule has 0 aliphatic rings. The highest BCUT2D eigenvalue weighted by molar-refractivity contribution is 5.84. The van der Waals surface area contributed by atoms with Crippen molar-refractivity contribution < 1.29 is 14.6 Å². The highest BCUT2D eigenvalue weighted by Gasteiger charge is 2.08. The van der Waals surface area contributed by atoms with Gasteiger partial charge in [-0.3, -0.25) is 4.68 Å². The molecule has 1 aromatic heterocycles. The van der Waals surface area contributed by atoms with Crippen LogP contribution in [0.1, 0.15) is 17.4 Å². The number of ether oxygens (including phenoxy) is 1. The van der Waals surface area contributed by atoms with Gasteiger partial charge < -0.3 is 14.7 Å². The molecular formula is C10H18N4O3. The van der Waals surface area contributed by atoms with Crippen molar-refractivity contribution in [3.63, 3.8) is 0 Å². The van der Waals surface area contributed by atoms with Crippen LogP contribution in [0.4, 0.5) is 0 Å². The van der Waals surface area contributed by atoms with E-state index < -0.39 is 5.97 Å². The minimum atomic E-state index is -1.05.